The van der Waals surface area contributed by atoms with Crippen LogP contribution >= 0.6 is 15.9 Å². The molecule has 0 saturated heterocycles. The van der Waals surface area contributed by atoms with Crippen molar-refractivity contribution in [2.75, 3.05) is 0 Å². The average molecular weight is 266 g/mol. The number of hydrogen-bond acceptors (Lipinski definition) is 4. The molecule has 0 aliphatic heterocycles. The first-order valence-corrected chi connectivity index (χ1v) is 5.57. The number of aromatic nitrogens is 3. The summed E-state index contributed by atoms with van der Waals surface area (Å²) in [7, 11) is 0. The molecule has 1 aliphatic rings. The summed E-state index contributed by atoms with van der Waals surface area (Å²) in [5, 5.41) is 3.96. The van der Waals surface area contributed by atoms with Crippen LogP contribution in [0, 0.1) is 0 Å². The van der Waals surface area contributed by atoms with Gasteiger partial charge in [0.15, 0.2) is 5.82 Å². The first-order chi connectivity index (χ1) is 7.33. The molecule has 0 amide bonds. The Labute approximate surface area is 94.8 Å². The highest BCUT2D eigenvalue weighted by molar-refractivity contribution is 9.10. The molecule has 15 heavy (non-hydrogen) atoms. The van der Waals surface area contributed by atoms with Crippen LogP contribution in [0.3, 0.4) is 0 Å². The predicted octanol–water partition coefficient (Wildman–Crippen LogP) is 2.77. The summed E-state index contributed by atoms with van der Waals surface area (Å²) in [6.45, 7) is 0. The van der Waals surface area contributed by atoms with Crippen LogP contribution in [0.4, 0.5) is 0 Å². The third-order valence-corrected chi connectivity index (χ3v) is 2.77. The van der Waals surface area contributed by atoms with Gasteiger partial charge in [-0.2, -0.15) is 4.98 Å². The highest BCUT2D eigenvalue weighted by Gasteiger charge is 2.28. The summed E-state index contributed by atoms with van der Waals surface area (Å²) in [6, 6.07) is 1.91. The van der Waals surface area contributed by atoms with Gasteiger partial charge in [0.05, 0.1) is 5.56 Å². The third-order valence-electron chi connectivity index (χ3n) is 2.34. The average Bonchev–Trinajstić information content (AvgIpc) is 2.97. The molecule has 0 N–H and O–H groups in total. The standard InChI is InChI=1S/C10H8BrN3O/c11-8-3-7(4-12-5-8)10-13-9(14-15-10)6-1-2-6/h3-6H,1-2H2. The maximum atomic E-state index is 5.19. The monoisotopic (exact) mass is 265 g/mol. The summed E-state index contributed by atoms with van der Waals surface area (Å²) < 4.78 is 6.09. The molecule has 2 aromatic rings. The number of nitrogens with zero attached hydrogens (tertiary/aromatic N) is 3. The Morgan fingerprint density at radius 3 is 2.93 bits per heavy atom. The van der Waals surface area contributed by atoms with E-state index in [-0.39, 0.29) is 0 Å². The van der Waals surface area contributed by atoms with Crippen LogP contribution in [0.5, 0.6) is 0 Å². The quantitative estimate of drug-likeness (QED) is 0.838. The fourth-order valence-electron chi connectivity index (χ4n) is 1.39. The fourth-order valence-corrected chi connectivity index (χ4v) is 1.75. The Balaban J connectivity index is 1.97. The van der Waals surface area contributed by atoms with Crippen molar-refractivity contribution in [3.63, 3.8) is 0 Å². The lowest BCUT2D eigenvalue weighted by molar-refractivity contribution is 0.422. The largest absolute Gasteiger partial charge is 0.334 e. The summed E-state index contributed by atoms with van der Waals surface area (Å²) >= 11 is 3.36. The highest BCUT2D eigenvalue weighted by atomic mass is 79.9. The van der Waals surface area contributed by atoms with E-state index in [9.17, 15) is 0 Å². The molecular weight excluding hydrogens is 258 g/mol. The fraction of sp³-hybridized carbons (Fsp3) is 0.300. The smallest absolute Gasteiger partial charge is 0.259 e. The van der Waals surface area contributed by atoms with Crippen LogP contribution in [0.25, 0.3) is 11.5 Å². The molecule has 2 aromatic heterocycles. The Morgan fingerprint density at radius 2 is 2.20 bits per heavy atom. The molecule has 0 spiro atoms. The lowest BCUT2D eigenvalue weighted by Crippen LogP contribution is -1.83. The molecule has 0 atom stereocenters. The Hall–Kier alpha value is -1.23. The van der Waals surface area contributed by atoms with E-state index in [0.717, 1.165) is 15.9 Å². The van der Waals surface area contributed by atoms with Crippen molar-refractivity contribution in [2.45, 2.75) is 18.8 Å². The van der Waals surface area contributed by atoms with E-state index in [1.54, 1.807) is 12.4 Å². The highest BCUT2D eigenvalue weighted by Crippen LogP contribution is 2.38. The molecule has 4 nitrogen and oxygen atoms in total. The van der Waals surface area contributed by atoms with Crippen LogP contribution in [-0.4, -0.2) is 15.1 Å². The van der Waals surface area contributed by atoms with Crippen LogP contribution < -0.4 is 0 Å². The summed E-state index contributed by atoms with van der Waals surface area (Å²) in [6.07, 6.45) is 5.79. The zero-order valence-electron chi connectivity index (χ0n) is 7.85. The second-order valence-corrected chi connectivity index (χ2v) is 4.54. The normalized spacial score (nSPS) is 15.5. The van der Waals surface area contributed by atoms with Crippen molar-refractivity contribution in [1.29, 1.82) is 0 Å². The topological polar surface area (TPSA) is 51.8 Å². The van der Waals surface area contributed by atoms with Crippen molar-refractivity contribution in [3.8, 4) is 11.5 Å². The van der Waals surface area contributed by atoms with E-state index in [4.69, 9.17) is 4.52 Å². The van der Waals surface area contributed by atoms with E-state index in [0.29, 0.717) is 11.8 Å². The molecule has 0 aromatic carbocycles. The maximum Gasteiger partial charge on any atom is 0.259 e. The maximum absolute atomic E-state index is 5.19. The molecule has 2 heterocycles. The molecule has 1 saturated carbocycles. The molecular formula is C10H8BrN3O. The second-order valence-electron chi connectivity index (χ2n) is 3.62. The van der Waals surface area contributed by atoms with Crippen molar-refractivity contribution in [2.24, 2.45) is 0 Å². The number of rotatable bonds is 2. The van der Waals surface area contributed by atoms with Crippen LogP contribution in [-0.2, 0) is 0 Å². The first-order valence-electron chi connectivity index (χ1n) is 4.77. The minimum atomic E-state index is 0.516. The van der Waals surface area contributed by atoms with Crippen LogP contribution in [0.2, 0.25) is 0 Å². The molecule has 0 bridgehead atoms. The van der Waals surface area contributed by atoms with Gasteiger partial charge in [-0.05, 0) is 34.8 Å². The molecule has 0 unspecified atom stereocenters. The Morgan fingerprint density at radius 1 is 1.33 bits per heavy atom. The number of hydrogen-bond donors (Lipinski definition) is 0. The summed E-state index contributed by atoms with van der Waals surface area (Å²) in [4.78, 5) is 8.40. The summed E-state index contributed by atoms with van der Waals surface area (Å²) in [5.74, 6) is 1.89. The SMILES string of the molecule is Brc1cncc(-c2nc(C3CC3)no2)c1. The first kappa shape index (κ1) is 9.03. The Kier molecular flexibility index (Phi) is 2.05. The van der Waals surface area contributed by atoms with Gasteiger partial charge in [0.1, 0.15) is 0 Å². The van der Waals surface area contributed by atoms with Gasteiger partial charge in [-0.3, -0.25) is 4.98 Å². The predicted molar refractivity (Wildman–Crippen MR) is 57.2 cm³/mol. The van der Waals surface area contributed by atoms with Crippen molar-refractivity contribution >= 4 is 15.9 Å². The number of halogens is 1. The summed E-state index contributed by atoms with van der Waals surface area (Å²) in [5.41, 5.74) is 0.851. The van der Waals surface area contributed by atoms with Crippen molar-refractivity contribution < 1.29 is 4.52 Å². The van der Waals surface area contributed by atoms with Crippen molar-refractivity contribution in [1.82, 2.24) is 15.1 Å². The molecule has 5 heteroatoms. The zero-order valence-corrected chi connectivity index (χ0v) is 9.44. The van der Waals surface area contributed by atoms with E-state index < -0.39 is 0 Å². The molecule has 76 valence electrons. The van der Waals surface area contributed by atoms with Gasteiger partial charge in [-0.25, -0.2) is 0 Å². The van der Waals surface area contributed by atoms with Crippen molar-refractivity contribution in [3.05, 3.63) is 28.8 Å². The lowest BCUT2D eigenvalue weighted by Gasteiger charge is -1.92. The lowest BCUT2D eigenvalue weighted by atomic mass is 10.3. The van der Waals surface area contributed by atoms with E-state index in [2.05, 4.69) is 31.1 Å². The van der Waals surface area contributed by atoms with Crippen LogP contribution in [0.15, 0.2) is 27.5 Å². The minimum Gasteiger partial charge on any atom is -0.334 e. The third kappa shape index (κ3) is 1.79. The van der Waals surface area contributed by atoms with E-state index in [1.807, 2.05) is 6.07 Å². The molecule has 1 fully saturated rings. The van der Waals surface area contributed by atoms with Gasteiger partial charge in [-0.1, -0.05) is 5.16 Å². The second kappa shape index (κ2) is 3.41. The van der Waals surface area contributed by atoms with Gasteiger partial charge in [0.2, 0.25) is 0 Å². The molecule has 1 aliphatic carbocycles. The van der Waals surface area contributed by atoms with Gasteiger partial charge < -0.3 is 4.52 Å². The van der Waals surface area contributed by atoms with Gasteiger partial charge in [0, 0.05) is 22.8 Å². The minimum absolute atomic E-state index is 0.516. The molecule has 3 rings (SSSR count). The van der Waals surface area contributed by atoms with Gasteiger partial charge in [-0.15, -0.1) is 0 Å². The van der Waals surface area contributed by atoms with E-state index in [1.165, 1.54) is 12.8 Å². The number of pyridine rings is 1. The van der Waals surface area contributed by atoms with Gasteiger partial charge in [0.25, 0.3) is 5.89 Å². The zero-order chi connectivity index (χ0) is 10.3. The van der Waals surface area contributed by atoms with Gasteiger partial charge >= 0.3 is 0 Å². The van der Waals surface area contributed by atoms with Crippen LogP contribution in [0.1, 0.15) is 24.6 Å². The molecule has 0 radical (unpaired) electrons. The Bertz CT molecular complexity index is 493. The van der Waals surface area contributed by atoms with E-state index >= 15 is 0 Å².